The molecule has 0 aliphatic carbocycles. The fourth-order valence-electron chi connectivity index (χ4n) is 2.81. The Balaban J connectivity index is 1.56. The zero-order chi connectivity index (χ0) is 17.1. The third kappa shape index (κ3) is 3.91. The standard InChI is InChI=1S/C17H20Cl2N4O/c1-2-23-6-5-16(20-23)17(24)22-9-7-21(8-10-22)12-13-3-4-14(18)11-15(13)19/h3-6,11H,2,7-10,12H2,1H3. The van der Waals surface area contributed by atoms with Gasteiger partial charge in [-0.3, -0.25) is 14.4 Å². The van der Waals surface area contributed by atoms with E-state index in [4.69, 9.17) is 23.2 Å². The zero-order valence-corrected chi connectivity index (χ0v) is 15.1. The van der Waals surface area contributed by atoms with Gasteiger partial charge in [0.1, 0.15) is 5.69 Å². The number of halogens is 2. The highest BCUT2D eigenvalue weighted by atomic mass is 35.5. The molecule has 1 fully saturated rings. The predicted octanol–water partition coefficient (Wildman–Crippen LogP) is 3.17. The van der Waals surface area contributed by atoms with Crippen LogP contribution in [0.1, 0.15) is 23.0 Å². The maximum absolute atomic E-state index is 12.5. The number of hydrogen-bond donors (Lipinski definition) is 0. The highest BCUT2D eigenvalue weighted by molar-refractivity contribution is 6.35. The smallest absolute Gasteiger partial charge is 0.274 e. The summed E-state index contributed by atoms with van der Waals surface area (Å²) in [5.41, 5.74) is 1.58. The SMILES string of the molecule is CCn1ccc(C(=O)N2CCN(Cc3ccc(Cl)cc3Cl)CC2)n1. The van der Waals surface area contributed by atoms with Gasteiger partial charge in [-0.15, -0.1) is 0 Å². The summed E-state index contributed by atoms with van der Waals surface area (Å²) in [6.45, 7) is 6.57. The molecule has 1 saturated heterocycles. The van der Waals surface area contributed by atoms with E-state index >= 15 is 0 Å². The summed E-state index contributed by atoms with van der Waals surface area (Å²) in [7, 11) is 0. The van der Waals surface area contributed by atoms with Crippen LogP contribution in [0.3, 0.4) is 0 Å². The lowest BCUT2D eigenvalue weighted by molar-refractivity contribution is 0.0622. The summed E-state index contributed by atoms with van der Waals surface area (Å²) in [6, 6.07) is 7.36. The molecule has 0 radical (unpaired) electrons. The number of rotatable bonds is 4. The molecule has 1 aliphatic rings. The Morgan fingerprint density at radius 2 is 1.92 bits per heavy atom. The quantitative estimate of drug-likeness (QED) is 0.834. The lowest BCUT2D eigenvalue weighted by Crippen LogP contribution is -2.48. The van der Waals surface area contributed by atoms with Gasteiger partial charge in [-0.05, 0) is 30.7 Å². The average Bonchev–Trinajstić information content (AvgIpc) is 3.06. The molecule has 1 aromatic carbocycles. The van der Waals surface area contributed by atoms with Gasteiger partial charge >= 0.3 is 0 Å². The third-order valence-electron chi connectivity index (χ3n) is 4.25. The highest BCUT2D eigenvalue weighted by Gasteiger charge is 2.23. The van der Waals surface area contributed by atoms with Gasteiger partial charge in [0.2, 0.25) is 0 Å². The van der Waals surface area contributed by atoms with E-state index in [-0.39, 0.29) is 5.91 Å². The molecule has 7 heteroatoms. The molecule has 24 heavy (non-hydrogen) atoms. The van der Waals surface area contributed by atoms with Crippen LogP contribution in [-0.4, -0.2) is 51.7 Å². The normalized spacial score (nSPS) is 15.7. The molecule has 2 heterocycles. The van der Waals surface area contributed by atoms with Gasteiger partial charge in [0.25, 0.3) is 5.91 Å². The number of piperazine rings is 1. The number of aryl methyl sites for hydroxylation is 1. The zero-order valence-electron chi connectivity index (χ0n) is 13.6. The van der Waals surface area contributed by atoms with Crippen molar-refractivity contribution in [1.82, 2.24) is 19.6 Å². The van der Waals surface area contributed by atoms with Crippen molar-refractivity contribution in [3.8, 4) is 0 Å². The molecule has 1 aromatic heterocycles. The molecule has 0 N–H and O–H groups in total. The largest absolute Gasteiger partial charge is 0.335 e. The number of amides is 1. The van der Waals surface area contributed by atoms with Crippen LogP contribution in [0.4, 0.5) is 0 Å². The van der Waals surface area contributed by atoms with Crippen molar-refractivity contribution in [2.75, 3.05) is 26.2 Å². The molecule has 1 amide bonds. The Bertz CT molecular complexity index is 723. The van der Waals surface area contributed by atoms with Gasteiger partial charge < -0.3 is 4.90 Å². The van der Waals surface area contributed by atoms with E-state index in [1.807, 2.05) is 30.2 Å². The van der Waals surface area contributed by atoms with Gasteiger partial charge in [0, 0.05) is 55.5 Å². The summed E-state index contributed by atoms with van der Waals surface area (Å²) >= 11 is 12.2. The molecule has 0 bridgehead atoms. The van der Waals surface area contributed by atoms with Crippen LogP contribution in [0.15, 0.2) is 30.5 Å². The molecular weight excluding hydrogens is 347 g/mol. The van der Waals surface area contributed by atoms with E-state index in [0.29, 0.717) is 28.8 Å². The first-order valence-corrected chi connectivity index (χ1v) is 8.81. The summed E-state index contributed by atoms with van der Waals surface area (Å²) in [5, 5.41) is 5.62. The molecule has 0 spiro atoms. The van der Waals surface area contributed by atoms with Gasteiger partial charge in [0.15, 0.2) is 0 Å². The molecule has 5 nitrogen and oxygen atoms in total. The molecule has 0 unspecified atom stereocenters. The van der Waals surface area contributed by atoms with Gasteiger partial charge in [-0.1, -0.05) is 29.3 Å². The lowest BCUT2D eigenvalue weighted by Gasteiger charge is -2.34. The van der Waals surface area contributed by atoms with Crippen LogP contribution in [0.2, 0.25) is 10.0 Å². The van der Waals surface area contributed by atoms with E-state index < -0.39 is 0 Å². The maximum Gasteiger partial charge on any atom is 0.274 e. The fourth-order valence-corrected chi connectivity index (χ4v) is 3.28. The van der Waals surface area contributed by atoms with Crippen LogP contribution in [0.5, 0.6) is 0 Å². The van der Waals surface area contributed by atoms with Crippen LogP contribution in [0.25, 0.3) is 0 Å². The fraction of sp³-hybridized carbons (Fsp3) is 0.412. The summed E-state index contributed by atoms with van der Waals surface area (Å²) < 4.78 is 1.77. The van der Waals surface area contributed by atoms with Crippen molar-refractivity contribution in [3.63, 3.8) is 0 Å². The van der Waals surface area contributed by atoms with Crippen molar-refractivity contribution in [3.05, 3.63) is 51.8 Å². The van der Waals surface area contributed by atoms with E-state index in [9.17, 15) is 4.79 Å². The minimum atomic E-state index is 0.00590. The topological polar surface area (TPSA) is 41.4 Å². The molecule has 3 rings (SSSR count). The van der Waals surface area contributed by atoms with E-state index in [1.54, 1.807) is 16.8 Å². The first kappa shape index (κ1) is 17.3. The number of aromatic nitrogens is 2. The Labute approximate surface area is 151 Å². The van der Waals surface area contributed by atoms with E-state index in [1.165, 1.54) is 0 Å². The summed E-state index contributed by atoms with van der Waals surface area (Å²) in [6.07, 6.45) is 1.84. The second kappa shape index (κ2) is 7.55. The van der Waals surface area contributed by atoms with Gasteiger partial charge in [-0.2, -0.15) is 5.10 Å². The molecule has 128 valence electrons. The highest BCUT2D eigenvalue weighted by Crippen LogP contribution is 2.22. The first-order valence-electron chi connectivity index (χ1n) is 8.06. The number of nitrogens with zero attached hydrogens (tertiary/aromatic N) is 4. The maximum atomic E-state index is 12.5. The van der Waals surface area contributed by atoms with Crippen LogP contribution < -0.4 is 0 Å². The van der Waals surface area contributed by atoms with Crippen molar-refractivity contribution < 1.29 is 4.79 Å². The second-order valence-corrected chi connectivity index (χ2v) is 6.70. The summed E-state index contributed by atoms with van der Waals surface area (Å²) in [4.78, 5) is 16.6. The van der Waals surface area contributed by atoms with E-state index in [0.717, 1.165) is 31.7 Å². The third-order valence-corrected chi connectivity index (χ3v) is 4.84. The van der Waals surface area contributed by atoms with Crippen molar-refractivity contribution in [2.24, 2.45) is 0 Å². The number of carbonyl (C=O) groups is 1. The molecule has 2 aromatic rings. The minimum Gasteiger partial charge on any atom is -0.335 e. The Hall–Kier alpha value is -1.56. The monoisotopic (exact) mass is 366 g/mol. The van der Waals surface area contributed by atoms with Gasteiger partial charge in [0.05, 0.1) is 0 Å². The van der Waals surface area contributed by atoms with Crippen LogP contribution in [-0.2, 0) is 13.1 Å². The van der Waals surface area contributed by atoms with Gasteiger partial charge in [-0.25, -0.2) is 0 Å². The number of benzene rings is 1. The first-order chi connectivity index (χ1) is 11.6. The Kier molecular flexibility index (Phi) is 5.43. The Morgan fingerprint density at radius 3 is 2.54 bits per heavy atom. The van der Waals surface area contributed by atoms with Crippen LogP contribution >= 0.6 is 23.2 Å². The lowest BCUT2D eigenvalue weighted by atomic mass is 10.2. The second-order valence-electron chi connectivity index (χ2n) is 5.86. The van der Waals surface area contributed by atoms with Crippen LogP contribution in [0, 0.1) is 0 Å². The Morgan fingerprint density at radius 1 is 1.17 bits per heavy atom. The minimum absolute atomic E-state index is 0.00590. The number of carbonyl (C=O) groups excluding carboxylic acids is 1. The molecule has 0 atom stereocenters. The molecule has 1 aliphatic heterocycles. The van der Waals surface area contributed by atoms with Crippen molar-refractivity contribution in [2.45, 2.75) is 20.0 Å². The van der Waals surface area contributed by atoms with E-state index in [2.05, 4.69) is 10.00 Å². The molecular formula is C17H20Cl2N4O. The van der Waals surface area contributed by atoms with Crippen molar-refractivity contribution >= 4 is 29.1 Å². The average molecular weight is 367 g/mol. The summed E-state index contributed by atoms with van der Waals surface area (Å²) in [5.74, 6) is 0.00590. The molecule has 0 saturated carbocycles. The predicted molar refractivity (Wildman–Crippen MR) is 95.5 cm³/mol. The number of hydrogen-bond acceptors (Lipinski definition) is 3. The van der Waals surface area contributed by atoms with Crippen molar-refractivity contribution in [1.29, 1.82) is 0 Å².